The van der Waals surface area contributed by atoms with Gasteiger partial charge in [-0.25, -0.2) is 0 Å². The Balaban J connectivity index is 1.42. The topological polar surface area (TPSA) is 64.7 Å². The lowest BCUT2D eigenvalue weighted by Crippen LogP contribution is -2.13. The van der Waals surface area contributed by atoms with E-state index in [1.807, 2.05) is 73.3 Å². The molecular weight excluding hydrogens is 398 g/mol. The highest BCUT2D eigenvalue weighted by molar-refractivity contribution is 6.30. The molecule has 0 spiro atoms. The second-order valence-electron chi connectivity index (χ2n) is 7.26. The number of hydrogen-bond acceptors (Lipinski definition) is 3. The SMILES string of the molecule is Cc1cc(C)n(Cc2cccc(C(=O)Nc3ccn(Cc4ccc(Cl)cc4)n3)c2)n1. The number of amides is 1. The van der Waals surface area contributed by atoms with Gasteiger partial charge in [-0.2, -0.15) is 10.2 Å². The van der Waals surface area contributed by atoms with Gasteiger partial charge < -0.3 is 5.32 Å². The van der Waals surface area contributed by atoms with E-state index in [0.717, 1.165) is 22.5 Å². The molecule has 30 heavy (non-hydrogen) atoms. The van der Waals surface area contributed by atoms with Crippen molar-refractivity contribution < 1.29 is 4.79 Å². The van der Waals surface area contributed by atoms with Crippen molar-refractivity contribution in [3.8, 4) is 0 Å². The molecule has 0 bridgehead atoms. The smallest absolute Gasteiger partial charge is 0.256 e. The van der Waals surface area contributed by atoms with E-state index in [1.54, 1.807) is 16.8 Å². The Kier molecular flexibility index (Phi) is 5.68. The Labute approximate surface area is 180 Å². The molecule has 0 radical (unpaired) electrons. The Morgan fingerprint density at radius 1 is 0.967 bits per heavy atom. The Morgan fingerprint density at radius 3 is 2.50 bits per heavy atom. The maximum atomic E-state index is 12.7. The van der Waals surface area contributed by atoms with Crippen molar-refractivity contribution >= 4 is 23.3 Å². The minimum atomic E-state index is -0.193. The van der Waals surface area contributed by atoms with Gasteiger partial charge >= 0.3 is 0 Å². The zero-order valence-corrected chi connectivity index (χ0v) is 17.6. The zero-order valence-electron chi connectivity index (χ0n) is 16.8. The highest BCUT2D eigenvalue weighted by Crippen LogP contribution is 2.14. The molecule has 152 valence electrons. The molecule has 1 amide bonds. The standard InChI is InChI=1S/C23H22ClN5O/c1-16-12-17(2)29(26-16)15-19-4-3-5-20(13-19)23(30)25-22-10-11-28(27-22)14-18-6-8-21(24)9-7-18/h3-13H,14-15H2,1-2H3,(H,25,27,30). The molecule has 6 nitrogen and oxygen atoms in total. The molecule has 0 saturated carbocycles. The third-order valence-corrected chi connectivity index (χ3v) is 5.02. The lowest BCUT2D eigenvalue weighted by molar-refractivity contribution is 0.102. The first-order chi connectivity index (χ1) is 14.5. The van der Waals surface area contributed by atoms with Crippen molar-refractivity contribution in [3.05, 3.63) is 100.0 Å². The van der Waals surface area contributed by atoms with E-state index in [1.165, 1.54) is 0 Å². The summed E-state index contributed by atoms with van der Waals surface area (Å²) in [6.07, 6.45) is 1.84. The third-order valence-electron chi connectivity index (χ3n) is 4.76. The highest BCUT2D eigenvalue weighted by Gasteiger charge is 2.10. The van der Waals surface area contributed by atoms with Gasteiger partial charge in [-0.1, -0.05) is 35.9 Å². The van der Waals surface area contributed by atoms with Crippen molar-refractivity contribution in [3.63, 3.8) is 0 Å². The normalized spacial score (nSPS) is 10.9. The number of halogens is 1. The number of carbonyl (C=O) groups excluding carboxylic acids is 1. The number of benzene rings is 2. The fraction of sp³-hybridized carbons (Fsp3) is 0.174. The fourth-order valence-electron chi connectivity index (χ4n) is 3.30. The summed E-state index contributed by atoms with van der Waals surface area (Å²) in [5.74, 6) is 0.319. The van der Waals surface area contributed by atoms with Crippen LogP contribution in [-0.4, -0.2) is 25.5 Å². The molecule has 7 heteroatoms. The second kappa shape index (κ2) is 8.55. The van der Waals surface area contributed by atoms with Crippen LogP contribution < -0.4 is 5.32 Å². The second-order valence-corrected chi connectivity index (χ2v) is 7.70. The van der Waals surface area contributed by atoms with Crippen molar-refractivity contribution in [2.45, 2.75) is 26.9 Å². The zero-order chi connectivity index (χ0) is 21.1. The van der Waals surface area contributed by atoms with E-state index >= 15 is 0 Å². The van der Waals surface area contributed by atoms with E-state index in [-0.39, 0.29) is 5.91 Å². The van der Waals surface area contributed by atoms with Gasteiger partial charge in [0.2, 0.25) is 0 Å². The number of aromatic nitrogens is 4. The van der Waals surface area contributed by atoms with E-state index < -0.39 is 0 Å². The first-order valence-electron chi connectivity index (χ1n) is 9.65. The number of nitrogens with one attached hydrogen (secondary N) is 1. The van der Waals surface area contributed by atoms with Crippen molar-refractivity contribution in [2.75, 3.05) is 5.32 Å². The summed E-state index contributed by atoms with van der Waals surface area (Å²) in [6, 6.07) is 19.0. The van der Waals surface area contributed by atoms with Gasteiger partial charge in [0.1, 0.15) is 0 Å². The number of hydrogen-bond donors (Lipinski definition) is 1. The molecule has 0 unspecified atom stereocenters. The lowest BCUT2D eigenvalue weighted by atomic mass is 10.1. The summed E-state index contributed by atoms with van der Waals surface area (Å²) < 4.78 is 3.71. The molecular formula is C23H22ClN5O. The average molecular weight is 420 g/mol. The van der Waals surface area contributed by atoms with Crippen LogP contribution in [0.4, 0.5) is 5.82 Å². The van der Waals surface area contributed by atoms with Crippen LogP contribution >= 0.6 is 11.6 Å². The first kappa shape index (κ1) is 19.9. The van der Waals surface area contributed by atoms with Crippen LogP contribution in [0, 0.1) is 13.8 Å². The lowest BCUT2D eigenvalue weighted by Gasteiger charge is -2.07. The molecule has 0 aliphatic heterocycles. The fourth-order valence-corrected chi connectivity index (χ4v) is 3.43. The Hall–Kier alpha value is -3.38. The number of carbonyl (C=O) groups is 1. The van der Waals surface area contributed by atoms with Gasteiger partial charge in [0.25, 0.3) is 5.91 Å². The van der Waals surface area contributed by atoms with E-state index in [9.17, 15) is 4.79 Å². The minimum Gasteiger partial charge on any atom is -0.305 e. The van der Waals surface area contributed by atoms with Gasteiger partial charge in [0.05, 0.1) is 18.8 Å². The molecule has 0 saturated heterocycles. The van der Waals surface area contributed by atoms with Crippen LogP contribution in [0.1, 0.15) is 32.9 Å². The van der Waals surface area contributed by atoms with Crippen molar-refractivity contribution in [1.82, 2.24) is 19.6 Å². The maximum absolute atomic E-state index is 12.7. The molecule has 0 atom stereocenters. The summed E-state index contributed by atoms with van der Waals surface area (Å²) in [6.45, 7) is 5.22. The summed E-state index contributed by atoms with van der Waals surface area (Å²) in [5.41, 5.74) is 4.75. The van der Waals surface area contributed by atoms with Crippen LogP contribution in [0.3, 0.4) is 0 Å². The molecule has 2 heterocycles. The third kappa shape index (κ3) is 4.78. The number of rotatable bonds is 6. The number of anilines is 1. The summed E-state index contributed by atoms with van der Waals surface area (Å²) in [4.78, 5) is 12.7. The minimum absolute atomic E-state index is 0.193. The maximum Gasteiger partial charge on any atom is 0.256 e. The summed E-state index contributed by atoms with van der Waals surface area (Å²) >= 11 is 5.92. The van der Waals surface area contributed by atoms with Crippen LogP contribution in [0.2, 0.25) is 5.02 Å². The van der Waals surface area contributed by atoms with Crippen LogP contribution in [0.5, 0.6) is 0 Å². The Bertz CT molecular complexity index is 1180. The summed E-state index contributed by atoms with van der Waals surface area (Å²) in [5, 5.41) is 12.5. The van der Waals surface area contributed by atoms with Crippen LogP contribution in [0.25, 0.3) is 0 Å². The Morgan fingerprint density at radius 2 is 1.77 bits per heavy atom. The van der Waals surface area contributed by atoms with Crippen LogP contribution in [-0.2, 0) is 13.1 Å². The molecule has 1 N–H and O–H groups in total. The van der Waals surface area contributed by atoms with Gasteiger partial charge in [0, 0.05) is 28.5 Å². The monoisotopic (exact) mass is 419 g/mol. The molecule has 2 aromatic heterocycles. The molecule has 2 aromatic carbocycles. The molecule has 0 fully saturated rings. The van der Waals surface area contributed by atoms with E-state index in [4.69, 9.17) is 11.6 Å². The van der Waals surface area contributed by atoms with E-state index in [2.05, 4.69) is 15.5 Å². The quantitative estimate of drug-likeness (QED) is 0.492. The van der Waals surface area contributed by atoms with E-state index in [0.29, 0.717) is 29.5 Å². The van der Waals surface area contributed by atoms with Crippen LogP contribution in [0.15, 0.2) is 66.9 Å². The predicted octanol–water partition coefficient (Wildman–Crippen LogP) is 4.70. The largest absolute Gasteiger partial charge is 0.305 e. The highest BCUT2D eigenvalue weighted by atomic mass is 35.5. The molecule has 0 aliphatic rings. The molecule has 4 aromatic rings. The average Bonchev–Trinajstić information content (AvgIpc) is 3.29. The summed E-state index contributed by atoms with van der Waals surface area (Å²) in [7, 11) is 0. The predicted molar refractivity (Wildman–Crippen MR) is 118 cm³/mol. The van der Waals surface area contributed by atoms with Gasteiger partial charge in [-0.3, -0.25) is 14.2 Å². The van der Waals surface area contributed by atoms with Gasteiger partial charge in [0.15, 0.2) is 5.82 Å². The molecule has 4 rings (SSSR count). The first-order valence-corrected chi connectivity index (χ1v) is 10.0. The van der Waals surface area contributed by atoms with Crippen molar-refractivity contribution in [1.29, 1.82) is 0 Å². The van der Waals surface area contributed by atoms with Gasteiger partial charge in [-0.15, -0.1) is 0 Å². The molecule has 0 aliphatic carbocycles. The van der Waals surface area contributed by atoms with Crippen molar-refractivity contribution in [2.24, 2.45) is 0 Å². The number of nitrogens with zero attached hydrogens (tertiary/aromatic N) is 4. The van der Waals surface area contributed by atoms with Gasteiger partial charge in [-0.05, 0) is 55.3 Å². The number of aryl methyl sites for hydroxylation is 2.